The number of methoxy groups -OCH3 is 1. The smallest absolute Gasteiger partial charge is 0.231 e. The Balaban J connectivity index is 1.00. The maximum atomic E-state index is 5.49. The zero-order valence-electron chi connectivity index (χ0n) is 19.0. The number of nitrogens with zero attached hydrogens (tertiary/aromatic N) is 3. The molecule has 1 saturated heterocycles. The molecule has 5 rings (SSSR count). The van der Waals surface area contributed by atoms with Gasteiger partial charge in [-0.3, -0.25) is 4.90 Å². The van der Waals surface area contributed by atoms with Gasteiger partial charge in [0.1, 0.15) is 11.4 Å². The van der Waals surface area contributed by atoms with Crippen molar-refractivity contribution in [1.82, 2.24) is 15.4 Å². The van der Waals surface area contributed by atoms with Crippen molar-refractivity contribution in [3.05, 3.63) is 54.3 Å². The molecule has 2 aromatic carbocycles. The van der Waals surface area contributed by atoms with Gasteiger partial charge in [0.15, 0.2) is 17.3 Å². The molecule has 1 aromatic heterocycles. The number of benzene rings is 2. The van der Waals surface area contributed by atoms with Crippen LogP contribution in [0.5, 0.6) is 17.2 Å². The van der Waals surface area contributed by atoms with E-state index >= 15 is 0 Å². The molecule has 0 spiro atoms. The number of hydrogen-bond donors (Lipinski definition) is 1. The summed E-state index contributed by atoms with van der Waals surface area (Å²) >= 11 is 0. The summed E-state index contributed by atoms with van der Waals surface area (Å²) in [4.78, 5) is 4.98. The fraction of sp³-hybridized carbons (Fsp3) is 0.400. The largest absolute Gasteiger partial charge is 0.497 e. The van der Waals surface area contributed by atoms with E-state index in [1.807, 2.05) is 36.4 Å². The molecule has 2 aliphatic heterocycles. The molecule has 0 bridgehead atoms. The monoisotopic (exact) mass is 450 g/mol. The van der Waals surface area contributed by atoms with Crippen LogP contribution in [0.2, 0.25) is 0 Å². The van der Waals surface area contributed by atoms with Crippen LogP contribution in [0.4, 0.5) is 5.69 Å². The van der Waals surface area contributed by atoms with Crippen molar-refractivity contribution in [2.24, 2.45) is 0 Å². The molecule has 174 valence electrons. The van der Waals surface area contributed by atoms with Crippen molar-refractivity contribution in [1.29, 1.82) is 0 Å². The average molecular weight is 451 g/mol. The maximum Gasteiger partial charge on any atom is 0.231 e. The van der Waals surface area contributed by atoms with Gasteiger partial charge in [0.2, 0.25) is 6.79 Å². The fourth-order valence-electron chi connectivity index (χ4n) is 4.25. The van der Waals surface area contributed by atoms with Crippen LogP contribution in [0.3, 0.4) is 0 Å². The van der Waals surface area contributed by atoms with E-state index < -0.39 is 0 Å². The predicted molar refractivity (Wildman–Crippen MR) is 126 cm³/mol. The van der Waals surface area contributed by atoms with Crippen molar-refractivity contribution in [2.75, 3.05) is 58.1 Å². The summed E-state index contributed by atoms with van der Waals surface area (Å²) in [6.07, 6.45) is 1.10. The highest BCUT2D eigenvalue weighted by atomic mass is 16.7. The number of ether oxygens (including phenoxy) is 3. The van der Waals surface area contributed by atoms with Crippen molar-refractivity contribution < 1.29 is 18.7 Å². The van der Waals surface area contributed by atoms with E-state index in [1.165, 1.54) is 5.69 Å². The van der Waals surface area contributed by atoms with Crippen LogP contribution in [0.1, 0.15) is 12.2 Å². The molecule has 0 saturated carbocycles. The Hall–Kier alpha value is -3.23. The molecular formula is C25H30N4O4. The van der Waals surface area contributed by atoms with E-state index in [9.17, 15) is 0 Å². The van der Waals surface area contributed by atoms with E-state index in [0.29, 0.717) is 6.54 Å². The molecule has 1 fully saturated rings. The highest BCUT2D eigenvalue weighted by Crippen LogP contribution is 2.35. The summed E-state index contributed by atoms with van der Waals surface area (Å²) in [6, 6.07) is 16.1. The van der Waals surface area contributed by atoms with Crippen molar-refractivity contribution in [3.63, 3.8) is 0 Å². The molecule has 2 aliphatic rings. The Labute approximate surface area is 194 Å². The minimum Gasteiger partial charge on any atom is -0.497 e. The van der Waals surface area contributed by atoms with E-state index in [0.717, 1.165) is 80.0 Å². The summed E-state index contributed by atoms with van der Waals surface area (Å²) in [7, 11) is 1.70. The van der Waals surface area contributed by atoms with Gasteiger partial charge >= 0.3 is 0 Å². The van der Waals surface area contributed by atoms with Gasteiger partial charge < -0.3 is 29.0 Å². The van der Waals surface area contributed by atoms with Crippen molar-refractivity contribution in [2.45, 2.75) is 13.0 Å². The zero-order chi connectivity index (χ0) is 22.5. The predicted octanol–water partition coefficient (Wildman–Crippen LogP) is 3.38. The first kappa shape index (κ1) is 21.6. The number of fused-ring (bicyclic) bond motifs is 1. The second-order valence-electron chi connectivity index (χ2n) is 8.30. The third kappa shape index (κ3) is 5.23. The fourth-order valence-corrected chi connectivity index (χ4v) is 4.25. The number of aromatic nitrogens is 1. The van der Waals surface area contributed by atoms with E-state index in [1.54, 1.807) is 7.11 Å². The van der Waals surface area contributed by atoms with Gasteiger partial charge in [-0.15, -0.1) is 0 Å². The number of hydrogen-bond acceptors (Lipinski definition) is 8. The van der Waals surface area contributed by atoms with Gasteiger partial charge in [-0.25, -0.2) is 0 Å². The van der Waals surface area contributed by atoms with Crippen molar-refractivity contribution in [3.8, 4) is 28.5 Å². The molecule has 1 N–H and O–H groups in total. The van der Waals surface area contributed by atoms with Crippen LogP contribution in [-0.4, -0.2) is 63.2 Å². The normalized spacial score (nSPS) is 15.7. The van der Waals surface area contributed by atoms with E-state index in [-0.39, 0.29) is 6.79 Å². The quantitative estimate of drug-likeness (QED) is 0.498. The second kappa shape index (κ2) is 10.1. The Morgan fingerprint density at radius 1 is 0.970 bits per heavy atom. The number of anilines is 1. The van der Waals surface area contributed by atoms with Gasteiger partial charge in [0, 0.05) is 43.5 Å². The van der Waals surface area contributed by atoms with Crippen LogP contribution in [0.25, 0.3) is 11.3 Å². The van der Waals surface area contributed by atoms with Gasteiger partial charge in [-0.1, -0.05) is 5.16 Å². The van der Waals surface area contributed by atoms with Crippen LogP contribution in [0, 0.1) is 0 Å². The summed E-state index contributed by atoms with van der Waals surface area (Å²) in [5.41, 5.74) is 3.03. The van der Waals surface area contributed by atoms with Gasteiger partial charge in [0.25, 0.3) is 0 Å². The molecule has 0 aliphatic carbocycles. The van der Waals surface area contributed by atoms with Crippen molar-refractivity contribution >= 4 is 5.69 Å². The SMILES string of the molecule is COc1ccc(N2CCN(CCCNCc3cc(-c4ccc5c(c4)OCO5)no3)CC2)cc1. The Morgan fingerprint density at radius 3 is 2.61 bits per heavy atom. The minimum absolute atomic E-state index is 0.269. The Morgan fingerprint density at radius 2 is 1.79 bits per heavy atom. The summed E-state index contributed by atoms with van der Waals surface area (Å²) in [5.74, 6) is 3.25. The molecule has 0 amide bonds. The molecule has 0 atom stereocenters. The van der Waals surface area contributed by atoms with Crippen LogP contribution >= 0.6 is 0 Å². The Bertz CT molecular complexity index is 1040. The van der Waals surface area contributed by atoms with E-state index in [4.69, 9.17) is 18.7 Å². The highest BCUT2D eigenvalue weighted by Gasteiger charge is 2.17. The maximum absolute atomic E-state index is 5.49. The molecule has 33 heavy (non-hydrogen) atoms. The number of piperazine rings is 1. The lowest BCUT2D eigenvalue weighted by atomic mass is 10.1. The van der Waals surface area contributed by atoms with E-state index in [2.05, 4.69) is 32.4 Å². The van der Waals surface area contributed by atoms with Gasteiger partial charge in [-0.2, -0.15) is 0 Å². The molecule has 0 radical (unpaired) electrons. The topological polar surface area (TPSA) is 72.2 Å². The first-order chi connectivity index (χ1) is 16.3. The Kier molecular flexibility index (Phi) is 6.64. The molecule has 3 heterocycles. The third-order valence-corrected chi connectivity index (χ3v) is 6.16. The lowest BCUT2D eigenvalue weighted by Gasteiger charge is -2.36. The molecular weight excluding hydrogens is 420 g/mol. The molecule has 8 nitrogen and oxygen atoms in total. The zero-order valence-corrected chi connectivity index (χ0v) is 19.0. The lowest BCUT2D eigenvalue weighted by Crippen LogP contribution is -2.46. The van der Waals surface area contributed by atoms with Gasteiger partial charge in [-0.05, 0) is 62.0 Å². The summed E-state index contributed by atoms with van der Waals surface area (Å²) in [5, 5.41) is 7.66. The van der Waals surface area contributed by atoms with Crippen LogP contribution in [-0.2, 0) is 6.54 Å². The second-order valence-corrected chi connectivity index (χ2v) is 8.30. The standard InChI is InChI=1S/C25H30N4O4/c1-30-21-6-4-20(5-7-21)29-13-11-28(12-14-29)10-2-9-26-17-22-16-23(27-33-22)19-3-8-24-25(15-19)32-18-31-24/h3-8,15-16,26H,2,9-14,17-18H2,1H3. The molecule has 3 aromatic rings. The lowest BCUT2D eigenvalue weighted by molar-refractivity contribution is 0.174. The van der Waals surface area contributed by atoms with Gasteiger partial charge in [0.05, 0.1) is 13.7 Å². The first-order valence-corrected chi connectivity index (χ1v) is 11.5. The first-order valence-electron chi connectivity index (χ1n) is 11.5. The van der Waals surface area contributed by atoms with Crippen LogP contribution < -0.4 is 24.4 Å². The number of nitrogens with one attached hydrogen (secondary N) is 1. The summed E-state index contributed by atoms with van der Waals surface area (Å²) < 4.78 is 21.5. The average Bonchev–Trinajstić information content (AvgIpc) is 3.53. The molecule has 0 unspecified atom stereocenters. The third-order valence-electron chi connectivity index (χ3n) is 6.16. The van der Waals surface area contributed by atoms with Crippen LogP contribution in [0.15, 0.2) is 53.1 Å². The highest BCUT2D eigenvalue weighted by molar-refractivity contribution is 5.64. The number of rotatable bonds is 9. The summed E-state index contributed by atoms with van der Waals surface area (Å²) in [6.45, 7) is 7.27. The molecule has 8 heteroatoms. The minimum atomic E-state index is 0.269.